The Morgan fingerprint density at radius 1 is 1.04 bits per heavy atom. The lowest BCUT2D eigenvalue weighted by molar-refractivity contribution is -0.0328. The van der Waals surface area contributed by atoms with Crippen molar-refractivity contribution in [1.29, 1.82) is 0 Å². The van der Waals surface area contributed by atoms with E-state index >= 15 is 0 Å². The predicted molar refractivity (Wildman–Crippen MR) is 96.6 cm³/mol. The molecule has 0 heterocycles. The highest BCUT2D eigenvalue weighted by atomic mass is 32.2. The van der Waals surface area contributed by atoms with Crippen LogP contribution in [0.4, 0.5) is 13.2 Å². The molecule has 0 fully saturated rings. The van der Waals surface area contributed by atoms with Crippen LogP contribution in [0.15, 0.2) is 52.3 Å². The summed E-state index contributed by atoms with van der Waals surface area (Å²) in [6, 6.07) is 8.81. The molecule has 0 aliphatic rings. The minimum atomic E-state index is -4.43. The maximum atomic E-state index is 12.6. The maximum Gasteiger partial charge on any atom is 0.446 e. The van der Waals surface area contributed by atoms with Gasteiger partial charge in [-0.25, -0.2) is 13.1 Å². The second-order valence-corrected chi connectivity index (χ2v) is 8.32. The van der Waals surface area contributed by atoms with E-state index in [1.165, 1.54) is 14.2 Å². The van der Waals surface area contributed by atoms with Gasteiger partial charge in [0.1, 0.15) is 11.5 Å². The minimum Gasteiger partial charge on any atom is -0.497 e. The van der Waals surface area contributed by atoms with Crippen LogP contribution in [0.1, 0.15) is 18.5 Å². The van der Waals surface area contributed by atoms with E-state index in [1.807, 2.05) is 0 Å². The molecule has 0 saturated heterocycles. The highest BCUT2D eigenvalue weighted by molar-refractivity contribution is 8.00. The Labute approximate surface area is 159 Å². The maximum absolute atomic E-state index is 12.6. The number of nitrogens with one attached hydrogen (secondary N) is 1. The quantitative estimate of drug-likeness (QED) is 0.673. The number of hydrogen-bond donors (Lipinski definition) is 1. The Balaban J connectivity index is 2.23. The second-order valence-electron chi connectivity index (χ2n) is 5.47. The average molecular weight is 421 g/mol. The van der Waals surface area contributed by atoms with Crippen molar-refractivity contribution in [3.05, 3.63) is 48.0 Å². The van der Waals surface area contributed by atoms with Gasteiger partial charge in [0, 0.05) is 16.5 Å². The Morgan fingerprint density at radius 3 is 2.19 bits per heavy atom. The van der Waals surface area contributed by atoms with Gasteiger partial charge in [-0.1, -0.05) is 0 Å². The zero-order valence-corrected chi connectivity index (χ0v) is 16.3. The molecule has 0 saturated carbocycles. The van der Waals surface area contributed by atoms with Crippen LogP contribution in [0, 0.1) is 0 Å². The summed E-state index contributed by atoms with van der Waals surface area (Å²) in [6.45, 7) is 1.63. The van der Waals surface area contributed by atoms with Gasteiger partial charge in [-0.15, -0.1) is 0 Å². The molecular weight excluding hydrogens is 403 g/mol. The third-order valence-corrected chi connectivity index (χ3v) is 5.90. The molecule has 0 amide bonds. The summed E-state index contributed by atoms with van der Waals surface area (Å²) in [7, 11) is -1.00. The lowest BCUT2D eigenvalue weighted by Crippen LogP contribution is -2.27. The van der Waals surface area contributed by atoms with E-state index in [4.69, 9.17) is 9.47 Å². The van der Waals surface area contributed by atoms with Crippen LogP contribution in [-0.4, -0.2) is 28.1 Å². The normalized spacial score (nSPS) is 13.3. The number of methoxy groups -OCH3 is 2. The Bertz CT molecular complexity index is 884. The molecule has 1 atom stereocenters. The molecule has 0 aliphatic heterocycles. The van der Waals surface area contributed by atoms with Crippen LogP contribution < -0.4 is 14.2 Å². The topological polar surface area (TPSA) is 64.6 Å². The van der Waals surface area contributed by atoms with Crippen LogP contribution in [0.25, 0.3) is 0 Å². The molecule has 1 N–H and O–H groups in total. The van der Waals surface area contributed by atoms with E-state index in [0.29, 0.717) is 17.1 Å². The standard InChI is InChI=1S/C17H18F3NO4S2/c1-11(15-10-12(24-2)4-9-16(15)25-3)21-27(22,23)14-7-5-13(6-8-14)26-17(18,19)20/h4-11,21H,1-3H3. The third-order valence-electron chi connectivity index (χ3n) is 3.60. The summed E-state index contributed by atoms with van der Waals surface area (Å²) in [5, 5.41) is 0. The van der Waals surface area contributed by atoms with Crippen LogP contribution in [-0.2, 0) is 10.0 Å². The summed E-state index contributed by atoms with van der Waals surface area (Å²) < 4.78 is 75.1. The van der Waals surface area contributed by atoms with Gasteiger partial charge in [0.25, 0.3) is 0 Å². The summed E-state index contributed by atoms with van der Waals surface area (Å²) in [5.41, 5.74) is -3.87. The summed E-state index contributed by atoms with van der Waals surface area (Å²) >= 11 is -0.306. The Morgan fingerprint density at radius 2 is 1.67 bits per heavy atom. The number of ether oxygens (including phenoxy) is 2. The molecule has 0 aliphatic carbocycles. The average Bonchev–Trinajstić information content (AvgIpc) is 2.59. The van der Waals surface area contributed by atoms with E-state index in [9.17, 15) is 21.6 Å². The molecule has 27 heavy (non-hydrogen) atoms. The minimum absolute atomic E-state index is 0.0936. The molecular formula is C17H18F3NO4S2. The monoisotopic (exact) mass is 421 g/mol. The van der Waals surface area contributed by atoms with Crippen molar-refractivity contribution in [3.63, 3.8) is 0 Å². The first-order valence-electron chi connectivity index (χ1n) is 7.66. The Hall–Kier alpha value is -1.91. The summed E-state index contributed by atoms with van der Waals surface area (Å²) in [4.78, 5) is -0.230. The van der Waals surface area contributed by atoms with E-state index in [-0.39, 0.29) is 21.6 Å². The van der Waals surface area contributed by atoms with Crippen LogP contribution in [0.5, 0.6) is 11.5 Å². The van der Waals surface area contributed by atoms with E-state index in [0.717, 1.165) is 24.3 Å². The fraction of sp³-hybridized carbons (Fsp3) is 0.294. The molecule has 10 heteroatoms. The summed E-state index contributed by atoms with van der Waals surface area (Å²) in [5.74, 6) is 1.01. The van der Waals surface area contributed by atoms with E-state index in [2.05, 4.69) is 4.72 Å². The van der Waals surface area contributed by atoms with Gasteiger partial charge in [-0.05, 0) is 61.2 Å². The van der Waals surface area contributed by atoms with Gasteiger partial charge >= 0.3 is 5.51 Å². The molecule has 0 radical (unpaired) electrons. The molecule has 148 valence electrons. The van der Waals surface area contributed by atoms with Crippen molar-refractivity contribution in [3.8, 4) is 11.5 Å². The molecule has 0 aromatic heterocycles. The largest absolute Gasteiger partial charge is 0.497 e. The van der Waals surface area contributed by atoms with Crippen LogP contribution in [0.3, 0.4) is 0 Å². The fourth-order valence-corrected chi connectivity index (χ4v) is 4.12. The van der Waals surface area contributed by atoms with Gasteiger partial charge in [0.05, 0.1) is 19.1 Å². The molecule has 2 rings (SSSR count). The van der Waals surface area contributed by atoms with Crippen molar-refractivity contribution < 1.29 is 31.1 Å². The third kappa shape index (κ3) is 5.78. The number of halogens is 3. The van der Waals surface area contributed by atoms with Crippen molar-refractivity contribution in [2.45, 2.75) is 28.3 Å². The first-order valence-corrected chi connectivity index (χ1v) is 9.96. The smallest absolute Gasteiger partial charge is 0.446 e. The lowest BCUT2D eigenvalue weighted by Gasteiger charge is -2.18. The van der Waals surface area contributed by atoms with Crippen molar-refractivity contribution in [1.82, 2.24) is 4.72 Å². The Kier molecular flexibility index (Phi) is 6.66. The van der Waals surface area contributed by atoms with Crippen molar-refractivity contribution in [2.75, 3.05) is 14.2 Å². The highest BCUT2D eigenvalue weighted by Gasteiger charge is 2.29. The van der Waals surface area contributed by atoms with E-state index < -0.39 is 21.6 Å². The van der Waals surface area contributed by atoms with Crippen LogP contribution in [0.2, 0.25) is 0 Å². The molecule has 0 spiro atoms. The zero-order valence-electron chi connectivity index (χ0n) is 14.7. The van der Waals surface area contributed by atoms with Crippen molar-refractivity contribution in [2.24, 2.45) is 0 Å². The molecule has 0 bridgehead atoms. The van der Waals surface area contributed by atoms with Gasteiger partial charge in [0.2, 0.25) is 10.0 Å². The molecule has 1 unspecified atom stereocenters. The molecule has 2 aromatic rings. The number of alkyl halides is 3. The van der Waals surface area contributed by atoms with Crippen molar-refractivity contribution >= 4 is 21.8 Å². The molecule has 2 aromatic carbocycles. The van der Waals surface area contributed by atoms with E-state index in [1.54, 1.807) is 25.1 Å². The fourth-order valence-electron chi connectivity index (χ4n) is 2.36. The number of benzene rings is 2. The number of hydrogen-bond acceptors (Lipinski definition) is 5. The lowest BCUT2D eigenvalue weighted by atomic mass is 10.1. The number of rotatable bonds is 7. The summed E-state index contributed by atoms with van der Waals surface area (Å²) in [6.07, 6.45) is 0. The van der Waals surface area contributed by atoms with Gasteiger partial charge in [-0.2, -0.15) is 13.2 Å². The van der Waals surface area contributed by atoms with Gasteiger partial charge < -0.3 is 9.47 Å². The van der Waals surface area contributed by atoms with Gasteiger partial charge in [-0.3, -0.25) is 0 Å². The predicted octanol–water partition coefficient (Wildman–Crippen LogP) is 4.36. The SMILES string of the molecule is COc1ccc(OC)c(C(C)NS(=O)(=O)c2ccc(SC(F)(F)F)cc2)c1. The van der Waals surface area contributed by atoms with Crippen LogP contribution >= 0.6 is 11.8 Å². The number of thioether (sulfide) groups is 1. The molecule has 5 nitrogen and oxygen atoms in total. The number of sulfonamides is 1. The second kappa shape index (κ2) is 8.41. The van der Waals surface area contributed by atoms with Gasteiger partial charge in [0.15, 0.2) is 0 Å². The zero-order chi connectivity index (χ0) is 20.2. The first kappa shape index (κ1) is 21.4. The highest BCUT2D eigenvalue weighted by Crippen LogP contribution is 2.37. The first-order chi connectivity index (χ1) is 12.6.